The highest BCUT2D eigenvalue weighted by Gasteiger charge is 2.06. The summed E-state index contributed by atoms with van der Waals surface area (Å²) in [7, 11) is 0. The van der Waals surface area contributed by atoms with E-state index in [1.807, 2.05) is 37.3 Å². The Balaban J connectivity index is 1.67. The predicted octanol–water partition coefficient (Wildman–Crippen LogP) is 5.38. The van der Waals surface area contributed by atoms with Gasteiger partial charge in [0.05, 0.1) is 10.2 Å². The lowest BCUT2D eigenvalue weighted by molar-refractivity contribution is -0.111. The molecule has 24 heavy (non-hydrogen) atoms. The Morgan fingerprint density at radius 2 is 1.92 bits per heavy atom. The number of aromatic nitrogens is 1. The summed E-state index contributed by atoms with van der Waals surface area (Å²) in [4.78, 5) is 16.5. The molecule has 0 bridgehead atoms. The smallest absolute Gasteiger partial charge is 0.250 e. The number of fused-ring (bicyclic) bond motifs is 1. The van der Waals surface area contributed by atoms with Gasteiger partial charge in [-0.15, -0.1) is 0 Å². The van der Waals surface area contributed by atoms with Crippen LogP contribution < -0.4 is 5.32 Å². The third-order valence-corrected chi connectivity index (χ3v) is 4.74. The summed E-state index contributed by atoms with van der Waals surface area (Å²) < 4.78 is 1.08. The van der Waals surface area contributed by atoms with Crippen LogP contribution in [0.1, 0.15) is 36.5 Å². The van der Waals surface area contributed by atoms with Crippen LogP contribution in [0.2, 0.25) is 0 Å². The number of amides is 1. The van der Waals surface area contributed by atoms with E-state index in [0.29, 0.717) is 11.0 Å². The normalized spacial score (nSPS) is 11.5. The van der Waals surface area contributed by atoms with Crippen LogP contribution in [-0.4, -0.2) is 10.9 Å². The SMILES string of the molecule is Cc1ccc2nc(NC(=O)/C=C/c3ccc(C(C)C)cc3)sc2c1. The fourth-order valence-electron chi connectivity index (χ4n) is 2.40. The van der Waals surface area contributed by atoms with Crippen molar-refractivity contribution in [2.45, 2.75) is 26.7 Å². The van der Waals surface area contributed by atoms with Gasteiger partial charge in [-0.05, 0) is 47.7 Å². The van der Waals surface area contributed by atoms with Crippen LogP contribution in [0.3, 0.4) is 0 Å². The van der Waals surface area contributed by atoms with Gasteiger partial charge in [0.25, 0.3) is 0 Å². The molecular weight excluding hydrogens is 316 g/mol. The van der Waals surface area contributed by atoms with Crippen LogP contribution in [0.5, 0.6) is 0 Å². The quantitative estimate of drug-likeness (QED) is 0.650. The number of aryl methyl sites for hydroxylation is 1. The first-order chi connectivity index (χ1) is 11.5. The summed E-state index contributed by atoms with van der Waals surface area (Å²) in [5.74, 6) is 0.340. The van der Waals surface area contributed by atoms with Crippen molar-refractivity contribution in [1.29, 1.82) is 0 Å². The average molecular weight is 336 g/mol. The monoisotopic (exact) mass is 336 g/mol. The second kappa shape index (κ2) is 6.97. The molecule has 0 aliphatic heterocycles. The summed E-state index contributed by atoms with van der Waals surface area (Å²) in [6, 6.07) is 14.3. The largest absolute Gasteiger partial charge is 0.298 e. The predicted molar refractivity (Wildman–Crippen MR) is 103 cm³/mol. The third-order valence-electron chi connectivity index (χ3n) is 3.80. The zero-order valence-corrected chi connectivity index (χ0v) is 14.9. The fraction of sp³-hybridized carbons (Fsp3) is 0.200. The van der Waals surface area contributed by atoms with Crippen molar-refractivity contribution >= 4 is 38.7 Å². The Bertz CT molecular complexity index is 892. The number of nitrogens with zero attached hydrogens (tertiary/aromatic N) is 1. The van der Waals surface area contributed by atoms with E-state index in [9.17, 15) is 4.79 Å². The minimum Gasteiger partial charge on any atom is -0.298 e. The molecule has 122 valence electrons. The Morgan fingerprint density at radius 1 is 1.17 bits per heavy atom. The molecule has 0 saturated heterocycles. The minimum absolute atomic E-state index is 0.168. The highest BCUT2D eigenvalue weighted by molar-refractivity contribution is 7.22. The molecule has 0 unspecified atom stereocenters. The molecule has 0 atom stereocenters. The van der Waals surface area contributed by atoms with Crippen molar-refractivity contribution < 1.29 is 4.79 Å². The zero-order valence-electron chi connectivity index (χ0n) is 14.0. The molecule has 1 amide bonds. The van der Waals surface area contributed by atoms with Crippen LogP contribution in [0.25, 0.3) is 16.3 Å². The molecule has 0 saturated carbocycles. The second-order valence-electron chi connectivity index (χ2n) is 6.13. The standard InChI is InChI=1S/C20H20N2OS/c1-13(2)16-8-5-15(6-9-16)7-11-19(23)22-20-21-17-10-4-14(3)12-18(17)24-20/h4-13H,1-3H3,(H,21,22,23)/b11-7+. The highest BCUT2D eigenvalue weighted by Crippen LogP contribution is 2.26. The van der Waals surface area contributed by atoms with Crippen molar-refractivity contribution in [2.75, 3.05) is 5.32 Å². The molecule has 0 aliphatic carbocycles. The molecule has 0 fully saturated rings. The van der Waals surface area contributed by atoms with Crippen molar-refractivity contribution in [2.24, 2.45) is 0 Å². The summed E-state index contributed by atoms with van der Waals surface area (Å²) in [6.07, 6.45) is 3.36. The van der Waals surface area contributed by atoms with E-state index >= 15 is 0 Å². The highest BCUT2D eigenvalue weighted by atomic mass is 32.1. The maximum Gasteiger partial charge on any atom is 0.250 e. The molecule has 0 radical (unpaired) electrons. The van der Waals surface area contributed by atoms with Gasteiger partial charge < -0.3 is 0 Å². The lowest BCUT2D eigenvalue weighted by Gasteiger charge is -2.04. The first kappa shape index (κ1) is 16.4. The molecule has 3 nitrogen and oxygen atoms in total. The second-order valence-corrected chi connectivity index (χ2v) is 7.16. The molecule has 0 aliphatic rings. The van der Waals surface area contributed by atoms with Gasteiger partial charge in [0.2, 0.25) is 5.91 Å². The fourth-order valence-corrected chi connectivity index (χ4v) is 3.36. The van der Waals surface area contributed by atoms with Crippen molar-refractivity contribution in [3.63, 3.8) is 0 Å². The lowest BCUT2D eigenvalue weighted by atomic mass is 10.0. The number of anilines is 1. The molecule has 4 heteroatoms. The van der Waals surface area contributed by atoms with E-state index in [1.54, 1.807) is 6.08 Å². The Morgan fingerprint density at radius 3 is 2.62 bits per heavy atom. The summed E-state index contributed by atoms with van der Waals surface area (Å²) in [6.45, 7) is 6.38. The molecular formula is C20H20N2OS. The zero-order chi connectivity index (χ0) is 17.1. The van der Waals surface area contributed by atoms with Crippen LogP contribution in [0.4, 0.5) is 5.13 Å². The Labute approximate surface area is 146 Å². The van der Waals surface area contributed by atoms with Gasteiger partial charge in [-0.1, -0.05) is 55.5 Å². The van der Waals surface area contributed by atoms with Crippen LogP contribution in [0, 0.1) is 6.92 Å². The number of nitrogens with one attached hydrogen (secondary N) is 1. The Hall–Kier alpha value is -2.46. The van der Waals surface area contributed by atoms with E-state index < -0.39 is 0 Å². The molecule has 2 aromatic carbocycles. The van der Waals surface area contributed by atoms with E-state index in [2.05, 4.69) is 42.3 Å². The van der Waals surface area contributed by atoms with E-state index in [1.165, 1.54) is 22.5 Å². The molecule has 3 aromatic rings. The number of benzene rings is 2. The number of rotatable bonds is 4. The summed E-state index contributed by atoms with van der Waals surface area (Å²) in [5.41, 5.74) is 4.40. The van der Waals surface area contributed by atoms with Gasteiger partial charge in [-0.25, -0.2) is 4.98 Å². The van der Waals surface area contributed by atoms with E-state index in [0.717, 1.165) is 15.8 Å². The minimum atomic E-state index is -0.168. The number of thiazole rings is 1. The molecule has 1 N–H and O–H groups in total. The van der Waals surface area contributed by atoms with E-state index in [4.69, 9.17) is 0 Å². The van der Waals surface area contributed by atoms with Gasteiger partial charge in [0, 0.05) is 6.08 Å². The van der Waals surface area contributed by atoms with Crippen LogP contribution in [-0.2, 0) is 4.79 Å². The number of carbonyl (C=O) groups is 1. The van der Waals surface area contributed by atoms with Crippen LogP contribution in [0.15, 0.2) is 48.5 Å². The van der Waals surface area contributed by atoms with Crippen LogP contribution >= 0.6 is 11.3 Å². The maximum atomic E-state index is 12.1. The van der Waals surface area contributed by atoms with Crippen molar-refractivity contribution in [3.8, 4) is 0 Å². The van der Waals surface area contributed by atoms with Gasteiger partial charge in [-0.3, -0.25) is 10.1 Å². The number of hydrogen-bond donors (Lipinski definition) is 1. The number of hydrogen-bond acceptors (Lipinski definition) is 3. The molecule has 1 aromatic heterocycles. The topological polar surface area (TPSA) is 42.0 Å². The molecule has 3 rings (SSSR count). The molecule has 0 spiro atoms. The third kappa shape index (κ3) is 3.89. The van der Waals surface area contributed by atoms with E-state index in [-0.39, 0.29) is 5.91 Å². The van der Waals surface area contributed by atoms with Crippen molar-refractivity contribution in [1.82, 2.24) is 4.98 Å². The summed E-state index contributed by atoms with van der Waals surface area (Å²) >= 11 is 1.49. The number of carbonyl (C=O) groups excluding carboxylic acids is 1. The Kier molecular flexibility index (Phi) is 4.76. The van der Waals surface area contributed by atoms with Gasteiger partial charge in [-0.2, -0.15) is 0 Å². The van der Waals surface area contributed by atoms with Gasteiger partial charge in [0.15, 0.2) is 5.13 Å². The lowest BCUT2D eigenvalue weighted by Crippen LogP contribution is -2.07. The van der Waals surface area contributed by atoms with Crippen molar-refractivity contribution in [3.05, 3.63) is 65.2 Å². The van der Waals surface area contributed by atoms with Gasteiger partial charge >= 0.3 is 0 Å². The van der Waals surface area contributed by atoms with Gasteiger partial charge in [0.1, 0.15) is 0 Å². The first-order valence-corrected chi connectivity index (χ1v) is 8.79. The maximum absolute atomic E-state index is 12.1. The molecule has 1 heterocycles. The average Bonchev–Trinajstić information content (AvgIpc) is 2.94. The first-order valence-electron chi connectivity index (χ1n) is 7.97. The summed E-state index contributed by atoms with van der Waals surface area (Å²) in [5, 5.41) is 3.46.